The largest absolute Gasteiger partial charge is 0.441 e. The first-order valence-electron chi connectivity index (χ1n) is 7.30. The van der Waals surface area contributed by atoms with Gasteiger partial charge in [0.25, 0.3) is 0 Å². The molecule has 1 atom stereocenters. The Kier molecular flexibility index (Phi) is 4.29. The smallest absolute Gasteiger partial charge is 0.226 e. The molecule has 0 aliphatic carbocycles. The fourth-order valence-electron chi connectivity index (χ4n) is 2.69. The van der Waals surface area contributed by atoms with E-state index in [9.17, 15) is 0 Å². The third-order valence-corrected chi connectivity index (χ3v) is 4.03. The molecule has 1 aromatic heterocycles. The lowest BCUT2D eigenvalue weighted by Gasteiger charge is -2.31. The molecule has 0 saturated carbocycles. The highest BCUT2D eigenvalue weighted by molar-refractivity contribution is 6.30. The maximum absolute atomic E-state index is 6.03. The first-order valence-corrected chi connectivity index (χ1v) is 7.67. The van der Waals surface area contributed by atoms with E-state index in [1.54, 1.807) is 0 Å². The van der Waals surface area contributed by atoms with Crippen LogP contribution in [0.5, 0.6) is 0 Å². The fourth-order valence-corrected chi connectivity index (χ4v) is 2.88. The van der Waals surface area contributed by atoms with Crippen LogP contribution >= 0.6 is 11.6 Å². The molecule has 5 heteroatoms. The number of hydrogen-bond donors (Lipinski definition) is 1. The molecule has 0 unspecified atom stereocenters. The number of halogens is 1. The minimum absolute atomic E-state index is 0.526. The molecule has 2 heterocycles. The Hall–Kier alpha value is -1.36. The number of aromatic nitrogens is 1. The van der Waals surface area contributed by atoms with Gasteiger partial charge in [0.1, 0.15) is 5.76 Å². The van der Waals surface area contributed by atoms with Crippen LogP contribution in [0.1, 0.15) is 18.4 Å². The summed E-state index contributed by atoms with van der Waals surface area (Å²) in [6, 6.07) is 8.13. The standard InChI is InChI=1S/C16H20ClN3O/c1-11-9-20(7-6-18-11)10-15-12(2)21-16(19-15)13-4-3-5-14(17)8-13/h3-5,8,11,18H,6-7,9-10H2,1-2H3/t11-/m0/s1. The maximum Gasteiger partial charge on any atom is 0.226 e. The SMILES string of the molecule is Cc1oc(-c2cccc(Cl)c2)nc1CN1CCN[C@@H](C)C1. The molecule has 1 aromatic carbocycles. The Morgan fingerprint density at radius 2 is 2.33 bits per heavy atom. The highest BCUT2D eigenvalue weighted by Crippen LogP contribution is 2.25. The Balaban J connectivity index is 1.78. The number of benzene rings is 1. The van der Waals surface area contributed by atoms with E-state index in [1.807, 2.05) is 31.2 Å². The minimum Gasteiger partial charge on any atom is -0.441 e. The van der Waals surface area contributed by atoms with E-state index in [4.69, 9.17) is 16.0 Å². The van der Waals surface area contributed by atoms with E-state index in [0.717, 1.165) is 43.2 Å². The zero-order chi connectivity index (χ0) is 14.8. The van der Waals surface area contributed by atoms with Gasteiger partial charge >= 0.3 is 0 Å². The minimum atomic E-state index is 0.526. The quantitative estimate of drug-likeness (QED) is 0.946. The van der Waals surface area contributed by atoms with Crippen molar-refractivity contribution in [2.24, 2.45) is 0 Å². The number of nitrogens with one attached hydrogen (secondary N) is 1. The van der Waals surface area contributed by atoms with Crippen LogP contribution in [0.3, 0.4) is 0 Å². The highest BCUT2D eigenvalue weighted by atomic mass is 35.5. The van der Waals surface area contributed by atoms with E-state index in [2.05, 4.69) is 22.1 Å². The molecule has 4 nitrogen and oxygen atoms in total. The molecular formula is C16H20ClN3O. The molecule has 0 radical (unpaired) electrons. The number of piperazine rings is 1. The summed E-state index contributed by atoms with van der Waals surface area (Å²) in [5.41, 5.74) is 1.93. The van der Waals surface area contributed by atoms with Gasteiger partial charge in [-0.25, -0.2) is 4.98 Å². The predicted molar refractivity (Wildman–Crippen MR) is 84.4 cm³/mol. The zero-order valence-corrected chi connectivity index (χ0v) is 13.2. The zero-order valence-electron chi connectivity index (χ0n) is 12.4. The summed E-state index contributed by atoms with van der Waals surface area (Å²) in [4.78, 5) is 7.06. The van der Waals surface area contributed by atoms with Gasteiger partial charge in [0.15, 0.2) is 0 Å². The lowest BCUT2D eigenvalue weighted by Crippen LogP contribution is -2.48. The van der Waals surface area contributed by atoms with Crippen LogP contribution in [0.4, 0.5) is 0 Å². The molecule has 3 rings (SSSR count). The molecule has 1 fully saturated rings. The molecule has 0 amide bonds. The molecule has 0 bridgehead atoms. The van der Waals surface area contributed by atoms with Crippen LogP contribution in [0.2, 0.25) is 5.02 Å². The normalized spacial score (nSPS) is 19.9. The monoisotopic (exact) mass is 305 g/mol. The number of aryl methyl sites for hydroxylation is 1. The van der Waals surface area contributed by atoms with Crippen molar-refractivity contribution >= 4 is 11.6 Å². The van der Waals surface area contributed by atoms with Gasteiger partial charge in [-0.05, 0) is 32.0 Å². The molecule has 21 heavy (non-hydrogen) atoms. The summed E-state index contributed by atoms with van der Waals surface area (Å²) in [7, 11) is 0. The molecule has 0 spiro atoms. The van der Waals surface area contributed by atoms with Crippen molar-refractivity contribution in [2.45, 2.75) is 26.4 Å². The number of rotatable bonds is 3. The first kappa shape index (κ1) is 14.6. The summed E-state index contributed by atoms with van der Waals surface area (Å²) in [6.45, 7) is 8.13. The second-order valence-corrected chi connectivity index (χ2v) is 6.06. The lowest BCUT2D eigenvalue weighted by molar-refractivity contribution is 0.197. The van der Waals surface area contributed by atoms with E-state index in [-0.39, 0.29) is 0 Å². The molecule has 112 valence electrons. The first-order chi connectivity index (χ1) is 10.1. The van der Waals surface area contributed by atoms with E-state index >= 15 is 0 Å². The lowest BCUT2D eigenvalue weighted by atomic mass is 10.2. The van der Waals surface area contributed by atoms with Gasteiger partial charge in [0.2, 0.25) is 5.89 Å². The average molecular weight is 306 g/mol. The average Bonchev–Trinajstić information content (AvgIpc) is 2.80. The van der Waals surface area contributed by atoms with Gasteiger partial charge in [0, 0.05) is 42.8 Å². The summed E-state index contributed by atoms with van der Waals surface area (Å²) in [6.07, 6.45) is 0. The summed E-state index contributed by atoms with van der Waals surface area (Å²) < 4.78 is 5.81. The second-order valence-electron chi connectivity index (χ2n) is 5.62. The van der Waals surface area contributed by atoms with Gasteiger partial charge < -0.3 is 9.73 Å². The van der Waals surface area contributed by atoms with Gasteiger partial charge in [-0.2, -0.15) is 0 Å². The molecule has 1 aliphatic rings. The van der Waals surface area contributed by atoms with Crippen molar-refractivity contribution < 1.29 is 4.42 Å². The van der Waals surface area contributed by atoms with Crippen molar-refractivity contribution in [1.29, 1.82) is 0 Å². The molecule has 2 aromatic rings. The van der Waals surface area contributed by atoms with Gasteiger partial charge in [-0.15, -0.1) is 0 Å². The Morgan fingerprint density at radius 1 is 1.48 bits per heavy atom. The molecular weight excluding hydrogens is 286 g/mol. The summed E-state index contributed by atoms with van der Waals surface area (Å²) >= 11 is 6.03. The number of oxazole rings is 1. The van der Waals surface area contributed by atoms with E-state index in [0.29, 0.717) is 17.0 Å². The molecule has 1 aliphatic heterocycles. The second kappa shape index (κ2) is 6.18. The number of nitrogens with zero attached hydrogens (tertiary/aromatic N) is 2. The maximum atomic E-state index is 6.03. The predicted octanol–water partition coefficient (Wildman–Crippen LogP) is 3.10. The van der Waals surface area contributed by atoms with Crippen LogP contribution in [0, 0.1) is 6.92 Å². The van der Waals surface area contributed by atoms with Crippen molar-refractivity contribution in [2.75, 3.05) is 19.6 Å². The molecule has 1 N–H and O–H groups in total. The van der Waals surface area contributed by atoms with Crippen molar-refractivity contribution in [3.05, 3.63) is 40.7 Å². The summed E-state index contributed by atoms with van der Waals surface area (Å²) in [5, 5.41) is 4.14. The van der Waals surface area contributed by atoms with Crippen molar-refractivity contribution in [1.82, 2.24) is 15.2 Å². The van der Waals surface area contributed by atoms with E-state index in [1.165, 1.54) is 0 Å². The topological polar surface area (TPSA) is 41.3 Å². The molecule has 1 saturated heterocycles. The van der Waals surface area contributed by atoms with Crippen LogP contribution in [0.15, 0.2) is 28.7 Å². The highest BCUT2D eigenvalue weighted by Gasteiger charge is 2.19. The van der Waals surface area contributed by atoms with E-state index < -0.39 is 0 Å². The number of hydrogen-bond acceptors (Lipinski definition) is 4. The Bertz CT molecular complexity index is 626. The van der Waals surface area contributed by atoms with Crippen molar-refractivity contribution in [3.8, 4) is 11.5 Å². The third kappa shape index (κ3) is 3.46. The Labute approximate surface area is 130 Å². The van der Waals surface area contributed by atoms with Gasteiger partial charge in [-0.3, -0.25) is 4.90 Å². The van der Waals surface area contributed by atoms with Crippen LogP contribution in [-0.4, -0.2) is 35.6 Å². The van der Waals surface area contributed by atoms with Crippen molar-refractivity contribution in [3.63, 3.8) is 0 Å². The van der Waals surface area contributed by atoms with Gasteiger partial charge in [-0.1, -0.05) is 17.7 Å². The van der Waals surface area contributed by atoms with Gasteiger partial charge in [0.05, 0.1) is 5.69 Å². The third-order valence-electron chi connectivity index (χ3n) is 3.79. The van der Waals surface area contributed by atoms with Crippen LogP contribution in [-0.2, 0) is 6.54 Å². The summed E-state index contributed by atoms with van der Waals surface area (Å²) in [5.74, 6) is 1.53. The fraction of sp³-hybridized carbons (Fsp3) is 0.438. The van der Waals surface area contributed by atoms with Crippen LogP contribution < -0.4 is 5.32 Å². The van der Waals surface area contributed by atoms with Crippen LogP contribution in [0.25, 0.3) is 11.5 Å². The Morgan fingerprint density at radius 3 is 3.10 bits per heavy atom.